The van der Waals surface area contributed by atoms with E-state index in [-0.39, 0.29) is 11.4 Å². The lowest BCUT2D eigenvalue weighted by atomic mass is 9.75. The number of benzene rings is 1. The Balaban J connectivity index is 1.16. The number of carbonyl (C=O) groups is 1. The van der Waals surface area contributed by atoms with Crippen LogP contribution in [0, 0.1) is 5.92 Å². The van der Waals surface area contributed by atoms with Crippen LogP contribution in [0.4, 0.5) is 0 Å². The number of rotatable bonds is 5. The largest absolute Gasteiger partial charge is 0.376 e. The van der Waals surface area contributed by atoms with Gasteiger partial charge in [-0.15, -0.1) is 0 Å². The maximum absolute atomic E-state index is 13.0. The fourth-order valence-corrected chi connectivity index (χ4v) is 5.04. The zero-order chi connectivity index (χ0) is 20.6. The zero-order valence-corrected chi connectivity index (χ0v) is 17.5. The molecule has 0 aliphatic carbocycles. The van der Waals surface area contributed by atoms with Crippen molar-refractivity contribution >= 4 is 5.91 Å². The van der Waals surface area contributed by atoms with Gasteiger partial charge >= 0.3 is 0 Å². The molecule has 4 heterocycles. The average molecular weight is 408 g/mol. The minimum atomic E-state index is 0.0933. The first-order chi connectivity index (χ1) is 14.6. The van der Waals surface area contributed by atoms with Crippen LogP contribution < -0.4 is 0 Å². The fourth-order valence-electron chi connectivity index (χ4n) is 5.04. The van der Waals surface area contributed by atoms with E-state index in [1.807, 2.05) is 41.4 Å². The van der Waals surface area contributed by atoms with Crippen molar-refractivity contribution in [3.63, 3.8) is 0 Å². The number of pyridine rings is 1. The van der Waals surface area contributed by atoms with Crippen molar-refractivity contribution in [1.29, 1.82) is 0 Å². The van der Waals surface area contributed by atoms with Crippen molar-refractivity contribution in [2.45, 2.75) is 38.2 Å². The molecule has 0 N–H and O–H groups in total. The van der Waals surface area contributed by atoms with Crippen molar-refractivity contribution in [2.24, 2.45) is 5.92 Å². The molecule has 0 radical (unpaired) electrons. The summed E-state index contributed by atoms with van der Waals surface area (Å²) in [5.74, 6) is 0.672. The van der Waals surface area contributed by atoms with E-state index >= 15 is 0 Å². The van der Waals surface area contributed by atoms with Gasteiger partial charge in [0.05, 0.1) is 25.4 Å². The van der Waals surface area contributed by atoms with Gasteiger partial charge in [0.1, 0.15) is 0 Å². The van der Waals surface area contributed by atoms with E-state index < -0.39 is 0 Å². The number of carbonyl (C=O) groups excluding carboxylic acids is 1. The minimum Gasteiger partial charge on any atom is -0.376 e. The van der Waals surface area contributed by atoms with Gasteiger partial charge in [0.15, 0.2) is 0 Å². The van der Waals surface area contributed by atoms with Gasteiger partial charge in [0.2, 0.25) is 0 Å². The van der Waals surface area contributed by atoms with Crippen molar-refractivity contribution in [1.82, 2.24) is 14.8 Å². The maximum atomic E-state index is 13.0. The predicted octanol–water partition coefficient (Wildman–Crippen LogP) is 2.87. The highest BCUT2D eigenvalue weighted by Crippen LogP contribution is 2.39. The molecule has 30 heavy (non-hydrogen) atoms. The monoisotopic (exact) mass is 407 g/mol. The number of likely N-dealkylation sites (N-methyl/N-ethyl adjacent to an activating group) is 1. The Bertz CT molecular complexity index is 911. The second-order valence-corrected chi connectivity index (χ2v) is 9.02. The summed E-state index contributed by atoms with van der Waals surface area (Å²) in [6, 6.07) is 9.98. The molecule has 6 heteroatoms. The van der Waals surface area contributed by atoms with Crippen LogP contribution in [0.2, 0.25) is 0 Å². The molecule has 1 aromatic carbocycles. The van der Waals surface area contributed by atoms with Gasteiger partial charge in [0, 0.05) is 37.7 Å². The highest BCUT2D eigenvalue weighted by molar-refractivity contribution is 5.95. The summed E-state index contributed by atoms with van der Waals surface area (Å²) >= 11 is 0. The van der Waals surface area contributed by atoms with Gasteiger partial charge in [-0.05, 0) is 67.2 Å². The smallest absolute Gasteiger partial charge is 0.253 e. The fraction of sp³-hybridized carbons (Fsp3) is 0.500. The van der Waals surface area contributed by atoms with Gasteiger partial charge in [0.25, 0.3) is 5.91 Å². The molecule has 3 aliphatic heterocycles. The van der Waals surface area contributed by atoms with Crippen molar-refractivity contribution < 1.29 is 14.3 Å². The summed E-state index contributed by atoms with van der Waals surface area (Å²) in [5.41, 5.74) is 4.34. The van der Waals surface area contributed by atoms with Crippen LogP contribution in [-0.4, -0.2) is 59.5 Å². The molecule has 1 spiro atoms. The van der Waals surface area contributed by atoms with Gasteiger partial charge in [-0.2, -0.15) is 0 Å². The number of nitrogens with zero attached hydrogens (tertiary/aromatic N) is 3. The van der Waals surface area contributed by atoms with Crippen molar-refractivity contribution in [2.75, 3.05) is 33.3 Å². The quantitative estimate of drug-likeness (QED) is 0.763. The Morgan fingerprint density at radius 1 is 1.27 bits per heavy atom. The molecule has 5 rings (SSSR count). The normalized spacial score (nSPS) is 22.7. The summed E-state index contributed by atoms with van der Waals surface area (Å²) in [6.45, 7) is 5.31. The Morgan fingerprint density at radius 2 is 2.13 bits per heavy atom. The van der Waals surface area contributed by atoms with E-state index in [0.29, 0.717) is 25.7 Å². The zero-order valence-electron chi connectivity index (χ0n) is 17.5. The first kappa shape index (κ1) is 19.7. The van der Waals surface area contributed by atoms with Crippen LogP contribution in [0.25, 0.3) is 0 Å². The molecule has 3 aliphatic rings. The third kappa shape index (κ3) is 3.75. The van der Waals surface area contributed by atoms with Crippen LogP contribution >= 0.6 is 0 Å². The van der Waals surface area contributed by atoms with E-state index in [2.05, 4.69) is 16.9 Å². The number of amides is 1. The molecule has 1 atom stereocenters. The van der Waals surface area contributed by atoms with Gasteiger partial charge in [-0.3, -0.25) is 14.7 Å². The van der Waals surface area contributed by atoms with Crippen LogP contribution in [0.15, 0.2) is 42.7 Å². The second kappa shape index (κ2) is 8.10. The van der Waals surface area contributed by atoms with E-state index in [1.165, 1.54) is 5.56 Å². The number of ether oxygens (including phenoxy) is 2. The lowest BCUT2D eigenvalue weighted by molar-refractivity contribution is -0.0768. The summed E-state index contributed by atoms with van der Waals surface area (Å²) in [5, 5.41) is 0. The molecule has 0 bridgehead atoms. The van der Waals surface area contributed by atoms with Crippen LogP contribution in [0.5, 0.6) is 0 Å². The SMILES string of the molecule is CN1CC[C@H](COCc2cccnc2)CC12CN(C(=O)c1ccc3c(c1)COC3)C2. The predicted molar refractivity (Wildman–Crippen MR) is 113 cm³/mol. The molecular weight excluding hydrogens is 378 g/mol. The number of aromatic nitrogens is 1. The highest BCUT2D eigenvalue weighted by atomic mass is 16.5. The Kier molecular flexibility index (Phi) is 5.31. The lowest BCUT2D eigenvalue weighted by Gasteiger charge is -2.58. The highest BCUT2D eigenvalue weighted by Gasteiger charge is 2.51. The standard InChI is InChI=1S/C24H29N3O3/c1-26-8-6-18(12-29-13-19-3-2-7-25-11-19)10-24(26)16-27(17-24)23(28)20-4-5-21-14-30-15-22(21)9-20/h2-5,7,9,11,18H,6,8,10,12-17H2,1H3/t18-/m0/s1. The molecule has 2 aromatic rings. The topological polar surface area (TPSA) is 54.9 Å². The van der Waals surface area contributed by atoms with Crippen molar-refractivity contribution in [3.8, 4) is 0 Å². The number of hydrogen-bond acceptors (Lipinski definition) is 5. The Labute approximate surface area is 177 Å². The Hall–Kier alpha value is -2.28. The van der Waals surface area contributed by atoms with Gasteiger partial charge in [-0.1, -0.05) is 12.1 Å². The molecule has 2 fully saturated rings. The molecule has 1 amide bonds. The second-order valence-electron chi connectivity index (χ2n) is 9.02. The average Bonchev–Trinajstić information content (AvgIpc) is 3.21. The third-order valence-electron chi connectivity index (χ3n) is 6.92. The number of piperidine rings is 1. The number of fused-ring (bicyclic) bond motifs is 1. The lowest BCUT2D eigenvalue weighted by Crippen LogP contribution is -2.72. The van der Waals surface area contributed by atoms with Crippen LogP contribution in [-0.2, 0) is 29.3 Å². The summed E-state index contributed by atoms with van der Waals surface area (Å²) in [4.78, 5) is 21.6. The molecule has 6 nitrogen and oxygen atoms in total. The first-order valence-electron chi connectivity index (χ1n) is 10.8. The molecule has 2 saturated heterocycles. The minimum absolute atomic E-state index is 0.0933. The molecule has 158 valence electrons. The molecule has 1 aromatic heterocycles. The molecular formula is C24H29N3O3. The van der Waals surface area contributed by atoms with Gasteiger partial charge < -0.3 is 14.4 Å². The first-order valence-corrected chi connectivity index (χ1v) is 10.8. The van der Waals surface area contributed by atoms with Crippen molar-refractivity contribution in [3.05, 3.63) is 65.0 Å². The maximum Gasteiger partial charge on any atom is 0.253 e. The Morgan fingerprint density at radius 3 is 2.97 bits per heavy atom. The van der Waals surface area contributed by atoms with Gasteiger partial charge in [-0.25, -0.2) is 0 Å². The summed E-state index contributed by atoms with van der Waals surface area (Å²) in [6.07, 6.45) is 5.86. The molecule has 0 unspecified atom stereocenters. The summed E-state index contributed by atoms with van der Waals surface area (Å²) in [7, 11) is 2.20. The third-order valence-corrected chi connectivity index (χ3v) is 6.92. The van der Waals surface area contributed by atoms with E-state index in [1.54, 1.807) is 6.20 Å². The number of hydrogen-bond donors (Lipinski definition) is 0. The molecule has 0 saturated carbocycles. The van der Waals surface area contributed by atoms with E-state index in [9.17, 15) is 4.79 Å². The van der Waals surface area contributed by atoms with E-state index in [0.717, 1.165) is 55.8 Å². The van der Waals surface area contributed by atoms with Crippen LogP contribution in [0.3, 0.4) is 0 Å². The van der Waals surface area contributed by atoms with E-state index in [4.69, 9.17) is 9.47 Å². The number of likely N-dealkylation sites (tertiary alicyclic amines) is 2. The van der Waals surface area contributed by atoms with Crippen LogP contribution in [0.1, 0.15) is 39.9 Å². The summed E-state index contributed by atoms with van der Waals surface area (Å²) < 4.78 is 11.5.